The Balaban J connectivity index is 1.23. The highest BCUT2D eigenvalue weighted by atomic mass is 16.5. The van der Waals surface area contributed by atoms with Crippen molar-refractivity contribution in [3.8, 4) is 5.75 Å². The van der Waals surface area contributed by atoms with Crippen molar-refractivity contribution in [3.05, 3.63) is 96.6 Å². The molecule has 3 aromatic carbocycles. The van der Waals surface area contributed by atoms with E-state index in [0.29, 0.717) is 18.9 Å². The molecule has 0 radical (unpaired) electrons. The quantitative estimate of drug-likeness (QED) is 0.336. The predicted octanol–water partition coefficient (Wildman–Crippen LogP) is 4.94. The van der Waals surface area contributed by atoms with Crippen molar-refractivity contribution in [2.24, 2.45) is 5.92 Å². The Labute approximate surface area is 208 Å². The highest BCUT2D eigenvalue weighted by molar-refractivity contribution is 5.80. The molecule has 5 heteroatoms. The van der Waals surface area contributed by atoms with Crippen molar-refractivity contribution in [2.45, 2.75) is 31.4 Å². The lowest BCUT2D eigenvalue weighted by Gasteiger charge is -2.52. The fourth-order valence-electron chi connectivity index (χ4n) is 5.55. The highest BCUT2D eigenvalue weighted by Gasteiger charge is 2.47. The van der Waals surface area contributed by atoms with Gasteiger partial charge < -0.3 is 19.3 Å². The van der Waals surface area contributed by atoms with Gasteiger partial charge in [-0.25, -0.2) is 4.79 Å². The Hall–Kier alpha value is -3.31. The van der Waals surface area contributed by atoms with Crippen molar-refractivity contribution < 1.29 is 18.8 Å². The molecule has 0 aromatic heterocycles. The maximum Gasteiger partial charge on any atom is 0.329 e. The molecular weight excluding hydrogens is 436 g/mol. The largest absolute Gasteiger partial charge is 0.488 e. The molecule has 2 atom stereocenters. The Morgan fingerprint density at radius 2 is 1.51 bits per heavy atom. The van der Waals surface area contributed by atoms with Crippen LogP contribution < -0.4 is 10.1 Å². The number of hydrogen-bond acceptors (Lipinski definition) is 4. The molecule has 0 amide bonds. The summed E-state index contributed by atoms with van der Waals surface area (Å²) in [5.41, 5.74) is 2.05. The maximum atomic E-state index is 13.5. The summed E-state index contributed by atoms with van der Waals surface area (Å²) in [5, 5.41) is 3.42. The Morgan fingerprint density at radius 3 is 2.20 bits per heavy atom. The van der Waals surface area contributed by atoms with E-state index in [1.807, 2.05) is 78.9 Å². The maximum absolute atomic E-state index is 13.5. The van der Waals surface area contributed by atoms with Crippen LogP contribution in [0, 0.1) is 5.92 Å². The van der Waals surface area contributed by atoms with Crippen LogP contribution in [0.15, 0.2) is 91.0 Å². The van der Waals surface area contributed by atoms with Gasteiger partial charge in [0.15, 0.2) is 6.10 Å². The van der Waals surface area contributed by atoms with E-state index < -0.39 is 6.04 Å². The average molecular weight is 472 g/mol. The van der Waals surface area contributed by atoms with Gasteiger partial charge >= 0.3 is 5.97 Å². The predicted molar refractivity (Wildman–Crippen MR) is 138 cm³/mol. The van der Waals surface area contributed by atoms with Crippen molar-refractivity contribution in [3.63, 3.8) is 0 Å². The summed E-state index contributed by atoms with van der Waals surface area (Å²) >= 11 is 0. The number of nitrogens with one attached hydrogen (secondary N) is 1. The van der Waals surface area contributed by atoms with Crippen LogP contribution in [0.3, 0.4) is 0 Å². The molecule has 3 aromatic rings. The number of rotatable bonds is 10. The molecule has 0 spiro atoms. The second-order valence-electron chi connectivity index (χ2n) is 9.92. The molecule has 0 aliphatic carbocycles. The van der Waals surface area contributed by atoms with Gasteiger partial charge in [0, 0.05) is 30.9 Å². The van der Waals surface area contributed by atoms with E-state index in [0.717, 1.165) is 60.5 Å². The van der Waals surface area contributed by atoms with Crippen LogP contribution in [-0.4, -0.2) is 55.4 Å². The molecule has 3 saturated heterocycles. The van der Waals surface area contributed by atoms with Gasteiger partial charge in [0.1, 0.15) is 31.5 Å². The van der Waals surface area contributed by atoms with Gasteiger partial charge in [0.05, 0.1) is 13.1 Å². The molecule has 2 unspecified atom stereocenters. The number of hydrogen-bond donors (Lipinski definition) is 1. The molecule has 3 fully saturated rings. The van der Waals surface area contributed by atoms with Gasteiger partial charge in [-0.1, -0.05) is 66.7 Å². The van der Waals surface area contributed by atoms with Crippen molar-refractivity contribution in [1.82, 2.24) is 0 Å². The topological polar surface area (TPSA) is 47.6 Å². The zero-order valence-corrected chi connectivity index (χ0v) is 20.2. The van der Waals surface area contributed by atoms with Crippen LogP contribution in [0.25, 0.3) is 0 Å². The summed E-state index contributed by atoms with van der Waals surface area (Å²) in [6.45, 7) is 4.81. The third-order valence-corrected chi connectivity index (χ3v) is 7.57. The fraction of sp³-hybridized carbons (Fsp3) is 0.367. The minimum atomic E-state index is -0.426. The average Bonchev–Trinajstić information content (AvgIpc) is 2.91. The van der Waals surface area contributed by atoms with Gasteiger partial charge in [-0.3, -0.25) is 0 Å². The van der Waals surface area contributed by atoms with Crippen LogP contribution in [0.2, 0.25) is 0 Å². The number of para-hydroxylation sites is 2. The second kappa shape index (κ2) is 11.0. The summed E-state index contributed by atoms with van der Waals surface area (Å²) in [7, 11) is 0. The van der Waals surface area contributed by atoms with Gasteiger partial charge in [-0.15, -0.1) is 0 Å². The number of piperidine rings is 3. The van der Waals surface area contributed by atoms with Crippen LogP contribution >= 0.6 is 0 Å². The molecule has 6 rings (SSSR count). The highest BCUT2D eigenvalue weighted by Crippen LogP contribution is 2.35. The normalized spacial score (nSPS) is 23.9. The number of benzene rings is 3. The van der Waals surface area contributed by atoms with E-state index in [2.05, 4.69) is 17.4 Å². The zero-order chi connectivity index (χ0) is 23.9. The lowest BCUT2D eigenvalue weighted by molar-refractivity contribution is -0.946. The van der Waals surface area contributed by atoms with Crippen molar-refractivity contribution in [2.75, 3.05) is 38.1 Å². The van der Waals surface area contributed by atoms with E-state index >= 15 is 0 Å². The van der Waals surface area contributed by atoms with E-state index in [4.69, 9.17) is 9.47 Å². The molecule has 1 N–H and O–H groups in total. The van der Waals surface area contributed by atoms with Gasteiger partial charge in [-0.05, 0) is 29.8 Å². The number of carbonyl (C=O) groups is 1. The number of esters is 1. The Morgan fingerprint density at radius 1 is 0.886 bits per heavy atom. The number of fused-ring (bicyclic) bond motifs is 3. The van der Waals surface area contributed by atoms with E-state index in [1.165, 1.54) is 0 Å². The van der Waals surface area contributed by atoms with Crippen molar-refractivity contribution >= 4 is 11.7 Å². The minimum absolute atomic E-state index is 0.0300. The molecule has 2 bridgehead atoms. The molecule has 3 aliphatic rings. The lowest BCUT2D eigenvalue weighted by Crippen LogP contribution is -2.65. The molecule has 3 aliphatic heterocycles. The van der Waals surface area contributed by atoms with Crippen molar-refractivity contribution in [1.29, 1.82) is 0 Å². The third kappa shape index (κ3) is 6.04. The van der Waals surface area contributed by atoms with Crippen LogP contribution in [0.4, 0.5) is 5.69 Å². The van der Waals surface area contributed by atoms with Crippen LogP contribution in [0.5, 0.6) is 5.75 Å². The van der Waals surface area contributed by atoms with Crippen LogP contribution in [-0.2, 0) is 16.0 Å². The molecule has 35 heavy (non-hydrogen) atoms. The standard InChI is InChI=1S/C30H35N2O3/c33-30(28(22-24-10-4-1-5-11-24)31-26-12-6-2-7-13-26)35-29-23-32(18-16-25(29)17-19-32)20-21-34-27-14-8-3-9-15-27/h1-15,25,28-29,31H,16-23H2/q+1. The lowest BCUT2D eigenvalue weighted by atomic mass is 9.83. The zero-order valence-electron chi connectivity index (χ0n) is 20.2. The first-order chi connectivity index (χ1) is 17.2. The smallest absolute Gasteiger partial charge is 0.329 e. The number of nitrogens with zero attached hydrogens (tertiary/aromatic N) is 1. The number of anilines is 1. The fourth-order valence-corrected chi connectivity index (χ4v) is 5.55. The Kier molecular flexibility index (Phi) is 7.34. The van der Waals surface area contributed by atoms with Gasteiger partial charge in [-0.2, -0.15) is 0 Å². The summed E-state index contributed by atoms with van der Waals surface area (Å²) in [6, 6.07) is 29.6. The van der Waals surface area contributed by atoms with Gasteiger partial charge in [0.25, 0.3) is 0 Å². The SMILES string of the molecule is O=C(OC1C[N+]2(CCOc3ccccc3)CCC1CC2)C(Cc1ccccc1)Nc1ccccc1. The second-order valence-corrected chi connectivity index (χ2v) is 9.92. The summed E-state index contributed by atoms with van der Waals surface area (Å²) in [4.78, 5) is 13.5. The molecular formula is C30H35N2O3+. The van der Waals surface area contributed by atoms with E-state index in [9.17, 15) is 4.79 Å². The molecule has 0 saturated carbocycles. The molecule has 3 heterocycles. The number of carbonyl (C=O) groups excluding carboxylic acids is 1. The number of quaternary nitrogens is 1. The summed E-state index contributed by atoms with van der Waals surface area (Å²) in [6.07, 6.45) is 2.78. The molecule has 182 valence electrons. The minimum Gasteiger partial charge on any atom is -0.488 e. The first kappa shape index (κ1) is 23.4. The summed E-state index contributed by atoms with van der Waals surface area (Å²) in [5.74, 6) is 1.22. The first-order valence-electron chi connectivity index (χ1n) is 12.8. The monoisotopic (exact) mass is 471 g/mol. The Bertz CT molecular complexity index is 1030. The molecule has 5 nitrogen and oxygen atoms in total. The third-order valence-electron chi connectivity index (χ3n) is 7.57. The first-order valence-corrected chi connectivity index (χ1v) is 12.8. The van der Waals surface area contributed by atoms with Crippen LogP contribution in [0.1, 0.15) is 18.4 Å². The number of ether oxygens (including phenoxy) is 2. The van der Waals surface area contributed by atoms with Gasteiger partial charge in [0.2, 0.25) is 0 Å². The summed E-state index contributed by atoms with van der Waals surface area (Å²) < 4.78 is 13.3. The van der Waals surface area contributed by atoms with E-state index in [-0.39, 0.29) is 12.1 Å². The van der Waals surface area contributed by atoms with E-state index in [1.54, 1.807) is 0 Å².